The molecule has 0 spiro atoms. The second-order valence-electron chi connectivity index (χ2n) is 5.79. The summed E-state index contributed by atoms with van der Waals surface area (Å²) in [5.74, 6) is 0.815. The number of benzene rings is 2. The lowest BCUT2D eigenvalue weighted by Gasteiger charge is -2.12. The molecular weight excluding hydrogens is 312 g/mol. The third-order valence-electron chi connectivity index (χ3n) is 4.25. The number of rotatable bonds is 4. The van der Waals surface area contributed by atoms with E-state index in [9.17, 15) is 0 Å². The molecule has 0 fully saturated rings. The highest BCUT2D eigenvalue weighted by Gasteiger charge is 2.12. The summed E-state index contributed by atoms with van der Waals surface area (Å²) >= 11 is 0. The summed E-state index contributed by atoms with van der Waals surface area (Å²) in [4.78, 5) is 4.12. The van der Waals surface area contributed by atoms with E-state index in [1.807, 2.05) is 47.2 Å². The molecule has 4 aromatic rings. The fourth-order valence-corrected chi connectivity index (χ4v) is 3.04. The lowest BCUT2D eigenvalue weighted by atomic mass is 10.2. The zero-order chi connectivity index (χ0) is 17.2. The van der Waals surface area contributed by atoms with Gasteiger partial charge in [0, 0.05) is 35.2 Å². The van der Waals surface area contributed by atoms with E-state index in [0.717, 1.165) is 28.0 Å². The van der Waals surface area contributed by atoms with Crippen LogP contribution in [-0.4, -0.2) is 21.2 Å². The predicted octanol–water partition coefficient (Wildman–Crippen LogP) is 3.76. The molecule has 2 heterocycles. The normalized spacial score (nSPS) is 10.7. The van der Waals surface area contributed by atoms with Crippen LogP contribution >= 0.6 is 0 Å². The Labute approximate surface area is 145 Å². The van der Waals surface area contributed by atoms with E-state index in [1.54, 1.807) is 19.6 Å². The average Bonchev–Trinajstić information content (AvgIpc) is 3.28. The van der Waals surface area contributed by atoms with E-state index < -0.39 is 0 Å². The molecule has 5 nitrogen and oxygen atoms in total. The van der Waals surface area contributed by atoms with E-state index in [0.29, 0.717) is 12.1 Å². The van der Waals surface area contributed by atoms with Gasteiger partial charge in [0.1, 0.15) is 5.75 Å². The minimum atomic E-state index is 0.647. The Bertz CT molecular complexity index is 1050. The maximum Gasteiger partial charge on any atom is 0.120 e. The maximum absolute atomic E-state index is 9.04. The molecule has 122 valence electrons. The standard InChI is InChI=1S/C20H16N4O/c1-25-19-7-4-16-10-18(13-23-9-8-22-14-23)24(20(16)11-19)17-5-2-15(12-21)3-6-17/h2-11,14H,13H2,1H3. The number of ether oxygens (including phenoxy) is 1. The fourth-order valence-electron chi connectivity index (χ4n) is 3.04. The van der Waals surface area contributed by atoms with Crippen LogP contribution in [0.15, 0.2) is 67.3 Å². The maximum atomic E-state index is 9.04. The van der Waals surface area contributed by atoms with Gasteiger partial charge in [0.25, 0.3) is 0 Å². The van der Waals surface area contributed by atoms with Crippen molar-refractivity contribution in [3.05, 3.63) is 78.5 Å². The summed E-state index contributed by atoms with van der Waals surface area (Å²) < 4.78 is 9.62. The summed E-state index contributed by atoms with van der Waals surface area (Å²) in [5.41, 5.74) is 3.86. The first kappa shape index (κ1) is 15.0. The minimum Gasteiger partial charge on any atom is -0.497 e. The van der Waals surface area contributed by atoms with E-state index in [1.165, 1.54) is 0 Å². The fraction of sp³-hybridized carbons (Fsp3) is 0.100. The van der Waals surface area contributed by atoms with Crippen molar-refractivity contribution in [3.63, 3.8) is 0 Å². The van der Waals surface area contributed by atoms with Gasteiger partial charge in [0.2, 0.25) is 0 Å². The predicted molar refractivity (Wildman–Crippen MR) is 95.9 cm³/mol. The smallest absolute Gasteiger partial charge is 0.120 e. The van der Waals surface area contributed by atoms with Crippen molar-refractivity contribution in [2.45, 2.75) is 6.54 Å². The van der Waals surface area contributed by atoms with Crippen molar-refractivity contribution >= 4 is 10.9 Å². The Kier molecular flexibility index (Phi) is 3.71. The summed E-state index contributed by atoms with van der Waals surface area (Å²) in [5, 5.41) is 10.2. The third-order valence-corrected chi connectivity index (χ3v) is 4.25. The van der Waals surface area contributed by atoms with E-state index in [-0.39, 0.29) is 0 Å². The third kappa shape index (κ3) is 2.74. The van der Waals surface area contributed by atoms with Crippen molar-refractivity contribution in [2.24, 2.45) is 0 Å². The molecule has 4 rings (SSSR count). The van der Waals surface area contributed by atoms with Gasteiger partial charge in [-0.1, -0.05) is 0 Å². The van der Waals surface area contributed by atoms with Crippen molar-refractivity contribution in [2.75, 3.05) is 7.11 Å². The number of nitrogens with zero attached hydrogens (tertiary/aromatic N) is 4. The highest BCUT2D eigenvalue weighted by Crippen LogP contribution is 2.28. The van der Waals surface area contributed by atoms with Gasteiger partial charge in [0.15, 0.2) is 0 Å². The molecular formula is C20H16N4O. The first-order chi connectivity index (χ1) is 12.3. The molecule has 0 aliphatic carbocycles. The Hall–Kier alpha value is -3.52. The summed E-state index contributed by atoms with van der Waals surface area (Å²) in [6.07, 6.45) is 5.53. The van der Waals surface area contributed by atoms with Gasteiger partial charge in [-0.25, -0.2) is 4.98 Å². The van der Waals surface area contributed by atoms with Gasteiger partial charge >= 0.3 is 0 Å². The zero-order valence-electron chi connectivity index (χ0n) is 13.8. The number of hydrogen-bond acceptors (Lipinski definition) is 3. The van der Waals surface area contributed by atoms with E-state index in [2.05, 4.69) is 27.8 Å². The minimum absolute atomic E-state index is 0.647. The van der Waals surface area contributed by atoms with Crippen LogP contribution < -0.4 is 4.74 Å². The Morgan fingerprint density at radius 1 is 1.12 bits per heavy atom. The lowest BCUT2D eigenvalue weighted by molar-refractivity contribution is 0.415. The van der Waals surface area contributed by atoms with Crippen LogP contribution in [0.3, 0.4) is 0 Å². The van der Waals surface area contributed by atoms with Crippen LogP contribution in [0.2, 0.25) is 0 Å². The van der Waals surface area contributed by atoms with Gasteiger partial charge in [-0.3, -0.25) is 0 Å². The molecule has 0 bridgehead atoms. The van der Waals surface area contributed by atoms with Crippen molar-refractivity contribution < 1.29 is 4.74 Å². The molecule has 0 saturated carbocycles. The Morgan fingerprint density at radius 2 is 1.96 bits per heavy atom. The number of nitriles is 1. The molecule has 0 radical (unpaired) electrons. The van der Waals surface area contributed by atoms with Gasteiger partial charge in [-0.15, -0.1) is 0 Å². The van der Waals surface area contributed by atoms with Crippen LogP contribution in [0.1, 0.15) is 11.3 Å². The summed E-state index contributed by atoms with van der Waals surface area (Å²) in [6, 6.07) is 18.0. The van der Waals surface area contributed by atoms with E-state index in [4.69, 9.17) is 10.00 Å². The van der Waals surface area contributed by atoms with Gasteiger partial charge in [-0.2, -0.15) is 5.26 Å². The number of fused-ring (bicyclic) bond motifs is 1. The SMILES string of the molecule is COc1ccc2cc(Cn3ccnc3)n(-c3ccc(C#N)cc3)c2c1. The molecule has 0 atom stereocenters. The molecule has 0 amide bonds. The molecule has 25 heavy (non-hydrogen) atoms. The van der Waals surface area contributed by atoms with Crippen LogP contribution in [-0.2, 0) is 6.54 Å². The van der Waals surface area contributed by atoms with Crippen LogP contribution in [0.5, 0.6) is 5.75 Å². The largest absolute Gasteiger partial charge is 0.497 e. The van der Waals surface area contributed by atoms with Crippen molar-refractivity contribution in [1.29, 1.82) is 5.26 Å². The number of methoxy groups -OCH3 is 1. The first-order valence-corrected chi connectivity index (χ1v) is 7.93. The molecule has 0 aliphatic rings. The van der Waals surface area contributed by atoms with Gasteiger partial charge in [-0.05, 0) is 42.5 Å². The molecule has 0 saturated heterocycles. The number of imidazole rings is 1. The van der Waals surface area contributed by atoms with Crippen LogP contribution in [0, 0.1) is 11.3 Å². The second kappa shape index (κ2) is 6.17. The lowest BCUT2D eigenvalue weighted by Crippen LogP contribution is -2.05. The summed E-state index contributed by atoms with van der Waals surface area (Å²) in [6.45, 7) is 0.705. The van der Waals surface area contributed by atoms with Crippen molar-refractivity contribution in [3.8, 4) is 17.5 Å². The summed E-state index contributed by atoms with van der Waals surface area (Å²) in [7, 11) is 1.67. The highest BCUT2D eigenvalue weighted by molar-refractivity contribution is 5.84. The van der Waals surface area contributed by atoms with Crippen molar-refractivity contribution in [1.82, 2.24) is 14.1 Å². The van der Waals surface area contributed by atoms with Gasteiger partial charge < -0.3 is 13.9 Å². The van der Waals surface area contributed by atoms with Crippen LogP contribution in [0.25, 0.3) is 16.6 Å². The number of aromatic nitrogens is 3. The zero-order valence-corrected chi connectivity index (χ0v) is 13.8. The topological polar surface area (TPSA) is 55.8 Å². The average molecular weight is 328 g/mol. The quantitative estimate of drug-likeness (QED) is 0.573. The Balaban J connectivity index is 1.91. The molecule has 0 N–H and O–H groups in total. The second-order valence-corrected chi connectivity index (χ2v) is 5.79. The first-order valence-electron chi connectivity index (χ1n) is 7.93. The Morgan fingerprint density at radius 3 is 2.64 bits per heavy atom. The van der Waals surface area contributed by atoms with Crippen LogP contribution in [0.4, 0.5) is 0 Å². The monoisotopic (exact) mass is 328 g/mol. The highest BCUT2D eigenvalue weighted by atomic mass is 16.5. The molecule has 0 unspecified atom stereocenters. The van der Waals surface area contributed by atoms with E-state index >= 15 is 0 Å². The molecule has 0 aliphatic heterocycles. The molecule has 2 aromatic carbocycles. The van der Waals surface area contributed by atoms with Gasteiger partial charge in [0.05, 0.1) is 37.1 Å². The number of hydrogen-bond donors (Lipinski definition) is 0. The molecule has 2 aromatic heterocycles. The molecule has 5 heteroatoms.